The van der Waals surface area contributed by atoms with E-state index in [1.807, 2.05) is 12.1 Å². The van der Waals surface area contributed by atoms with Crippen LogP contribution in [0.5, 0.6) is 0 Å². The molecule has 0 amide bonds. The van der Waals surface area contributed by atoms with E-state index >= 15 is 0 Å². The summed E-state index contributed by atoms with van der Waals surface area (Å²) in [7, 11) is -1.97. The molecule has 3 rings (SSSR count). The Bertz CT molecular complexity index is 744. The summed E-state index contributed by atoms with van der Waals surface area (Å²) in [6.45, 7) is 0.301. The minimum atomic E-state index is -3.69. The Labute approximate surface area is 129 Å². The average Bonchev–Trinajstić information content (AvgIpc) is 3.08. The second-order valence-electron chi connectivity index (χ2n) is 5.48. The Kier molecular flexibility index (Phi) is 3.98. The van der Waals surface area contributed by atoms with Gasteiger partial charge in [0, 0.05) is 32.2 Å². The third kappa shape index (κ3) is 2.77. The van der Waals surface area contributed by atoms with Gasteiger partial charge < -0.3 is 9.67 Å². The van der Waals surface area contributed by atoms with Gasteiger partial charge in [0.2, 0.25) is 0 Å². The van der Waals surface area contributed by atoms with Crippen LogP contribution in [0.4, 0.5) is 0 Å². The summed E-state index contributed by atoms with van der Waals surface area (Å²) < 4.78 is 28.4. The molecule has 118 valence electrons. The molecule has 2 aromatic rings. The summed E-state index contributed by atoms with van der Waals surface area (Å²) in [5.41, 5.74) is 0.946. The van der Waals surface area contributed by atoms with Crippen molar-refractivity contribution in [2.75, 3.05) is 6.54 Å². The van der Waals surface area contributed by atoms with Crippen molar-refractivity contribution in [2.45, 2.75) is 30.0 Å². The van der Waals surface area contributed by atoms with Crippen molar-refractivity contribution in [3.8, 4) is 0 Å². The minimum Gasteiger partial charge on any atom is -0.391 e. The summed E-state index contributed by atoms with van der Waals surface area (Å²) in [4.78, 5) is 7.89. The topological polar surface area (TPSA) is 88.3 Å². The van der Waals surface area contributed by atoms with E-state index in [9.17, 15) is 13.5 Å². The monoisotopic (exact) mass is 322 g/mol. The van der Waals surface area contributed by atoms with Crippen LogP contribution in [-0.4, -0.2) is 51.1 Å². The number of hydrogen-bond acceptors (Lipinski definition) is 5. The highest BCUT2D eigenvalue weighted by Crippen LogP contribution is 2.27. The van der Waals surface area contributed by atoms with E-state index in [4.69, 9.17) is 0 Å². The second kappa shape index (κ2) is 5.79. The Hall–Kier alpha value is -1.77. The lowest BCUT2D eigenvalue weighted by Gasteiger charge is -2.24. The number of aliphatic hydroxyl groups excluding tert-OH is 1. The molecule has 7 nitrogen and oxygen atoms in total. The van der Waals surface area contributed by atoms with E-state index in [1.54, 1.807) is 24.0 Å². The van der Waals surface area contributed by atoms with Crippen molar-refractivity contribution in [2.24, 2.45) is 7.05 Å². The van der Waals surface area contributed by atoms with Gasteiger partial charge in [-0.2, -0.15) is 4.31 Å². The largest absolute Gasteiger partial charge is 0.391 e. The van der Waals surface area contributed by atoms with Crippen LogP contribution in [0.2, 0.25) is 0 Å². The normalized spacial score (nSPS) is 23.0. The first-order valence-electron chi connectivity index (χ1n) is 7.05. The molecule has 0 unspecified atom stereocenters. The van der Waals surface area contributed by atoms with Gasteiger partial charge in [0.25, 0.3) is 10.0 Å². The van der Waals surface area contributed by atoms with Gasteiger partial charge in [-0.05, 0) is 30.5 Å². The zero-order valence-electron chi connectivity index (χ0n) is 12.2. The van der Waals surface area contributed by atoms with Gasteiger partial charge in [-0.15, -0.1) is 0 Å². The molecule has 0 spiro atoms. The number of rotatable bonds is 4. The number of aryl methyl sites for hydroxylation is 1. The average molecular weight is 322 g/mol. The molecule has 1 aliphatic rings. The van der Waals surface area contributed by atoms with Gasteiger partial charge in [-0.25, -0.2) is 13.4 Å². The van der Waals surface area contributed by atoms with Gasteiger partial charge in [-0.3, -0.25) is 4.98 Å². The standard InChI is InChI=1S/C14H18N4O3S/c1-17-9-14(16-10-17)22(20,21)18-7-4-13(19)12(18)8-11-2-5-15-6-3-11/h2-3,5-6,9-10,12-13,19H,4,7-8H2,1H3/t12-,13-/m1/s1. The Balaban J connectivity index is 1.88. The SMILES string of the molecule is Cn1cnc(S(=O)(=O)N2CC[C@@H](O)[C@H]2Cc2ccncc2)c1. The maximum absolute atomic E-state index is 12.7. The Morgan fingerprint density at radius 2 is 2.09 bits per heavy atom. The highest BCUT2D eigenvalue weighted by Gasteiger charge is 2.41. The number of sulfonamides is 1. The van der Waals surface area contributed by atoms with Crippen LogP contribution in [0.25, 0.3) is 0 Å². The Morgan fingerprint density at radius 3 is 2.73 bits per heavy atom. The number of nitrogens with zero attached hydrogens (tertiary/aromatic N) is 4. The highest BCUT2D eigenvalue weighted by atomic mass is 32.2. The van der Waals surface area contributed by atoms with Crippen LogP contribution in [0, 0.1) is 0 Å². The van der Waals surface area contributed by atoms with Crippen molar-refractivity contribution in [1.82, 2.24) is 18.8 Å². The number of aliphatic hydroxyl groups is 1. The fourth-order valence-electron chi connectivity index (χ4n) is 2.75. The van der Waals surface area contributed by atoms with E-state index in [0.29, 0.717) is 19.4 Å². The maximum atomic E-state index is 12.7. The van der Waals surface area contributed by atoms with E-state index < -0.39 is 22.2 Å². The maximum Gasteiger partial charge on any atom is 0.262 e. The smallest absolute Gasteiger partial charge is 0.262 e. The van der Waals surface area contributed by atoms with Gasteiger partial charge in [0.15, 0.2) is 5.03 Å². The quantitative estimate of drug-likeness (QED) is 0.867. The first-order chi connectivity index (χ1) is 10.5. The van der Waals surface area contributed by atoms with Crippen molar-refractivity contribution >= 4 is 10.0 Å². The number of aromatic nitrogens is 3. The fourth-order valence-corrected chi connectivity index (χ4v) is 4.39. The fraction of sp³-hybridized carbons (Fsp3) is 0.429. The molecule has 0 bridgehead atoms. The third-order valence-corrected chi connectivity index (χ3v) is 5.72. The van der Waals surface area contributed by atoms with E-state index in [-0.39, 0.29) is 5.03 Å². The molecule has 8 heteroatoms. The minimum absolute atomic E-state index is 0.0174. The first kappa shape index (κ1) is 15.1. The van der Waals surface area contributed by atoms with Crippen LogP contribution in [0.1, 0.15) is 12.0 Å². The zero-order valence-corrected chi connectivity index (χ0v) is 13.0. The number of imidazole rings is 1. The Morgan fingerprint density at radius 1 is 1.36 bits per heavy atom. The molecule has 3 heterocycles. The molecule has 1 aliphatic heterocycles. The predicted molar refractivity (Wildman–Crippen MR) is 79.5 cm³/mol. The molecule has 22 heavy (non-hydrogen) atoms. The second-order valence-corrected chi connectivity index (χ2v) is 7.31. The molecular weight excluding hydrogens is 304 g/mol. The number of pyridine rings is 1. The van der Waals surface area contributed by atoms with Crippen molar-refractivity contribution in [1.29, 1.82) is 0 Å². The molecule has 0 radical (unpaired) electrons. The summed E-state index contributed by atoms with van der Waals surface area (Å²) in [6, 6.07) is 3.18. The van der Waals surface area contributed by atoms with Crippen LogP contribution in [0.15, 0.2) is 42.1 Å². The lowest BCUT2D eigenvalue weighted by Crippen LogP contribution is -2.41. The molecule has 0 aromatic carbocycles. The van der Waals surface area contributed by atoms with Crippen LogP contribution < -0.4 is 0 Å². The van der Waals surface area contributed by atoms with E-state index in [0.717, 1.165) is 5.56 Å². The van der Waals surface area contributed by atoms with Gasteiger partial charge in [0.1, 0.15) is 0 Å². The van der Waals surface area contributed by atoms with Gasteiger partial charge >= 0.3 is 0 Å². The summed E-state index contributed by atoms with van der Waals surface area (Å²) >= 11 is 0. The van der Waals surface area contributed by atoms with Gasteiger partial charge in [-0.1, -0.05) is 0 Å². The zero-order chi connectivity index (χ0) is 15.7. The summed E-state index contributed by atoms with van der Waals surface area (Å²) in [5.74, 6) is 0. The molecule has 0 saturated carbocycles. The van der Waals surface area contributed by atoms with Crippen LogP contribution in [-0.2, 0) is 23.5 Å². The van der Waals surface area contributed by atoms with E-state index in [1.165, 1.54) is 16.8 Å². The lowest BCUT2D eigenvalue weighted by atomic mass is 10.0. The predicted octanol–water partition coefficient (Wildman–Crippen LogP) is 0.182. The van der Waals surface area contributed by atoms with Crippen molar-refractivity contribution < 1.29 is 13.5 Å². The first-order valence-corrected chi connectivity index (χ1v) is 8.49. The van der Waals surface area contributed by atoms with Crippen LogP contribution >= 0.6 is 0 Å². The molecule has 1 saturated heterocycles. The molecule has 0 aliphatic carbocycles. The van der Waals surface area contributed by atoms with Crippen molar-refractivity contribution in [3.05, 3.63) is 42.6 Å². The third-order valence-electron chi connectivity index (χ3n) is 3.91. The molecule has 2 aromatic heterocycles. The molecule has 2 atom stereocenters. The van der Waals surface area contributed by atoms with E-state index in [2.05, 4.69) is 9.97 Å². The number of hydrogen-bond donors (Lipinski definition) is 1. The van der Waals surface area contributed by atoms with Gasteiger partial charge in [0.05, 0.1) is 18.5 Å². The molecule has 1 fully saturated rings. The highest BCUT2D eigenvalue weighted by molar-refractivity contribution is 7.89. The summed E-state index contributed by atoms with van der Waals surface area (Å²) in [6.07, 6.45) is 6.47. The van der Waals surface area contributed by atoms with Crippen LogP contribution in [0.3, 0.4) is 0 Å². The lowest BCUT2D eigenvalue weighted by molar-refractivity contribution is 0.141. The summed E-state index contributed by atoms with van der Waals surface area (Å²) in [5, 5.41) is 10.2. The molecule has 1 N–H and O–H groups in total. The molecular formula is C14H18N4O3S. The van der Waals surface area contributed by atoms with Crippen molar-refractivity contribution in [3.63, 3.8) is 0 Å².